The number of carboxylic acids is 2. The second kappa shape index (κ2) is 4.93. The molecule has 0 fully saturated rings. The first-order valence-electron chi connectivity index (χ1n) is 4.50. The van der Waals surface area contributed by atoms with Crippen LogP contribution in [0.1, 0.15) is 15.9 Å². The monoisotopic (exact) mass is 235 g/mol. The minimum Gasteiger partial charge on any atom is -0.478 e. The average Bonchev–Trinajstić information content (AvgIpc) is 2.25. The van der Waals surface area contributed by atoms with Gasteiger partial charge >= 0.3 is 11.9 Å². The number of aliphatic carboxylic acids is 1. The third-order valence-electron chi connectivity index (χ3n) is 1.96. The Kier molecular flexibility index (Phi) is 3.61. The lowest BCUT2D eigenvalue weighted by Gasteiger charge is -2.02. The Bertz CT molecular complexity index is 501. The first-order valence-corrected chi connectivity index (χ1v) is 4.50. The highest BCUT2D eigenvalue weighted by Gasteiger charge is 2.12. The standard InChI is InChI=1S/C11H9NO5/c12-9(13)5-8(11(16)17)6-1-3-7(4-2-6)10(14)15/h1-5H,(H2,12,13)(H,14,15)(H,16,17)/b8-5-. The molecule has 0 aliphatic rings. The Labute approximate surface area is 96.0 Å². The Morgan fingerprint density at radius 2 is 1.47 bits per heavy atom. The van der Waals surface area contributed by atoms with Crippen molar-refractivity contribution in [3.63, 3.8) is 0 Å². The molecule has 6 heteroatoms. The van der Waals surface area contributed by atoms with Crippen LogP contribution in [0, 0.1) is 0 Å². The van der Waals surface area contributed by atoms with Crippen LogP contribution in [-0.4, -0.2) is 28.1 Å². The van der Waals surface area contributed by atoms with Crippen molar-refractivity contribution >= 4 is 23.4 Å². The Morgan fingerprint density at radius 1 is 1.00 bits per heavy atom. The van der Waals surface area contributed by atoms with E-state index in [0.29, 0.717) is 0 Å². The predicted octanol–water partition coefficient (Wildman–Crippen LogP) is 0.338. The van der Waals surface area contributed by atoms with Gasteiger partial charge in [0, 0.05) is 6.08 Å². The molecule has 1 amide bonds. The van der Waals surface area contributed by atoms with Gasteiger partial charge in [0.05, 0.1) is 11.1 Å². The second-order valence-electron chi connectivity index (χ2n) is 3.15. The van der Waals surface area contributed by atoms with E-state index in [-0.39, 0.29) is 16.7 Å². The highest BCUT2D eigenvalue weighted by atomic mass is 16.4. The van der Waals surface area contributed by atoms with Crippen LogP contribution in [0.15, 0.2) is 30.3 Å². The number of hydrogen-bond acceptors (Lipinski definition) is 3. The molecule has 0 aromatic heterocycles. The molecule has 1 aromatic rings. The van der Waals surface area contributed by atoms with Crippen LogP contribution in [-0.2, 0) is 9.59 Å². The van der Waals surface area contributed by atoms with E-state index in [1.165, 1.54) is 24.3 Å². The normalized spacial score (nSPS) is 10.9. The van der Waals surface area contributed by atoms with Crippen molar-refractivity contribution in [2.45, 2.75) is 0 Å². The smallest absolute Gasteiger partial charge is 0.336 e. The fourth-order valence-corrected chi connectivity index (χ4v) is 1.20. The molecule has 17 heavy (non-hydrogen) atoms. The van der Waals surface area contributed by atoms with Crippen molar-refractivity contribution in [3.8, 4) is 0 Å². The van der Waals surface area contributed by atoms with Gasteiger partial charge in [0.2, 0.25) is 5.91 Å². The third-order valence-corrected chi connectivity index (χ3v) is 1.96. The van der Waals surface area contributed by atoms with E-state index in [4.69, 9.17) is 15.9 Å². The van der Waals surface area contributed by atoms with E-state index < -0.39 is 17.8 Å². The lowest BCUT2D eigenvalue weighted by molar-refractivity contribution is -0.130. The number of carbonyl (C=O) groups excluding carboxylic acids is 1. The summed E-state index contributed by atoms with van der Waals surface area (Å²) in [5.74, 6) is -3.32. The minimum absolute atomic E-state index is 0.0255. The van der Waals surface area contributed by atoms with Crippen LogP contribution < -0.4 is 5.73 Å². The summed E-state index contributed by atoms with van der Waals surface area (Å²) in [4.78, 5) is 32.1. The molecule has 1 aromatic carbocycles. The number of carboxylic acid groups (broad SMARTS) is 2. The Hall–Kier alpha value is -2.63. The molecule has 0 spiro atoms. The number of nitrogens with two attached hydrogens (primary N) is 1. The maximum absolute atomic E-state index is 10.9. The van der Waals surface area contributed by atoms with E-state index in [1.54, 1.807) is 0 Å². The molecule has 0 bridgehead atoms. The number of hydrogen-bond donors (Lipinski definition) is 3. The molecule has 0 atom stereocenters. The summed E-state index contributed by atoms with van der Waals surface area (Å²) in [5.41, 5.74) is 4.83. The maximum Gasteiger partial charge on any atom is 0.336 e. The van der Waals surface area contributed by atoms with Crippen LogP contribution in [0.5, 0.6) is 0 Å². The zero-order chi connectivity index (χ0) is 13.0. The summed E-state index contributed by atoms with van der Waals surface area (Å²) < 4.78 is 0. The molecule has 0 radical (unpaired) electrons. The molecule has 0 saturated carbocycles. The van der Waals surface area contributed by atoms with Crippen LogP contribution in [0.2, 0.25) is 0 Å². The van der Waals surface area contributed by atoms with E-state index in [0.717, 1.165) is 6.08 Å². The molecule has 88 valence electrons. The van der Waals surface area contributed by atoms with E-state index in [9.17, 15) is 14.4 Å². The van der Waals surface area contributed by atoms with Crippen LogP contribution in [0.3, 0.4) is 0 Å². The Balaban J connectivity index is 3.17. The summed E-state index contributed by atoms with van der Waals surface area (Å²) in [6.07, 6.45) is 0.776. The number of amides is 1. The zero-order valence-corrected chi connectivity index (χ0v) is 8.58. The molecule has 0 heterocycles. The zero-order valence-electron chi connectivity index (χ0n) is 8.58. The summed E-state index contributed by atoms with van der Waals surface area (Å²) in [6, 6.07) is 5.09. The van der Waals surface area contributed by atoms with E-state index >= 15 is 0 Å². The van der Waals surface area contributed by atoms with E-state index in [1.807, 2.05) is 0 Å². The average molecular weight is 235 g/mol. The summed E-state index contributed by atoms with van der Waals surface area (Å²) in [5, 5.41) is 17.5. The summed E-state index contributed by atoms with van der Waals surface area (Å²) in [6.45, 7) is 0. The number of primary amides is 1. The number of rotatable bonds is 4. The van der Waals surface area contributed by atoms with Crippen molar-refractivity contribution in [3.05, 3.63) is 41.5 Å². The minimum atomic E-state index is -1.31. The Morgan fingerprint density at radius 3 is 1.82 bits per heavy atom. The van der Waals surface area contributed by atoms with Crippen molar-refractivity contribution in [1.82, 2.24) is 0 Å². The van der Waals surface area contributed by atoms with Gasteiger partial charge in [-0.3, -0.25) is 4.79 Å². The van der Waals surface area contributed by atoms with Crippen molar-refractivity contribution < 1.29 is 24.6 Å². The van der Waals surface area contributed by atoms with Crippen LogP contribution in [0.4, 0.5) is 0 Å². The molecular weight excluding hydrogens is 226 g/mol. The molecule has 0 aliphatic heterocycles. The fourth-order valence-electron chi connectivity index (χ4n) is 1.20. The third kappa shape index (κ3) is 3.16. The number of aromatic carboxylic acids is 1. The highest BCUT2D eigenvalue weighted by molar-refractivity contribution is 6.20. The van der Waals surface area contributed by atoms with Gasteiger partial charge in [-0.05, 0) is 17.7 Å². The first kappa shape index (κ1) is 12.4. The molecule has 6 nitrogen and oxygen atoms in total. The van der Waals surface area contributed by atoms with Crippen molar-refractivity contribution in [2.24, 2.45) is 5.73 Å². The number of carbonyl (C=O) groups is 3. The van der Waals surface area contributed by atoms with Gasteiger partial charge in [0.25, 0.3) is 0 Å². The van der Waals surface area contributed by atoms with E-state index in [2.05, 4.69) is 0 Å². The topological polar surface area (TPSA) is 118 Å². The molecule has 0 aliphatic carbocycles. The quantitative estimate of drug-likeness (QED) is 0.650. The lowest BCUT2D eigenvalue weighted by atomic mass is 10.0. The molecule has 1 rings (SSSR count). The van der Waals surface area contributed by atoms with Gasteiger partial charge in [-0.1, -0.05) is 12.1 Å². The summed E-state index contributed by atoms with van der Waals surface area (Å²) >= 11 is 0. The lowest BCUT2D eigenvalue weighted by Crippen LogP contribution is -2.10. The largest absolute Gasteiger partial charge is 0.478 e. The van der Waals surface area contributed by atoms with Crippen LogP contribution >= 0.6 is 0 Å². The highest BCUT2D eigenvalue weighted by Crippen LogP contribution is 2.15. The maximum atomic E-state index is 10.9. The van der Waals surface area contributed by atoms with Gasteiger partial charge in [-0.15, -0.1) is 0 Å². The van der Waals surface area contributed by atoms with Gasteiger partial charge in [-0.2, -0.15) is 0 Å². The van der Waals surface area contributed by atoms with Gasteiger partial charge in [-0.25, -0.2) is 9.59 Å². The van der Waals surface area contributed by atoms with Crippen molar-refractivity contribution in [2.75, 3.05) is 0 Å². The molecule has 4 N–H and O–H groups in total. The fraction of sp³-hybridized carbons (Fsp3) is 0. The predicted molar refractivity (Wildman–Crippen MR) is 58.2 cm³/mol. The van der Waals surface area contributed by atoms with Crippen molar-refractivity contribution in [1.29, 1.82) is 0 Å². The SMILES string of the molecule is NC(=O)/C=C(\C(=O)O)c1ccc(C(=O)O)cc1. The van der Waals surface area contributed by atoms with Crippen LogP contribution in [0.25, 0.3) is 5.57 Å². The molecule has 0 unspecified atom stereocenters. The number of benzene rings is 1. The first-order chi connectivity index (χ1) is 7.91. The molecular formula is C11H9NO5. The summed E-state index contributed by atoms with van der Waals surface area (Å²) in [7, 11) is 0. The van der Waals surface area contributed by atoms with Gasteiger partial charge in [0.1, 0.15) is 0 Å². The second-order valence-corrected chi connectivity index (χ2v) is 3.15. The van der Waals surface area contributed by atoms with Gasteiger partial charge < -0.3 is 15.9 Å². The molecule has 0 saturated heterocycles. The van der Waals surface area contributed by atoms with Gasteiger partial charge in [0.15, 0.2) is 0 Å².